The van der Waals surface area contributed by atoms with Crippen molar-refractivity contribution in [1.29, 1.82) is 0 Å². The first kappa shape index (κ1) is 24.1. The Hall–Kier alpha value is -1.96. The van der Waals surface area contributed by atoms with E-state index in [-0.39, 0.29) is 29.0 Å². The highest BCUT2D eigenvalue weighted by Crippen LogP contribution is 2.16. The normalized spacial score (nSPS) is 12.1. The second kappa shape index (κ2) is 11.1. The number of amides is 1. The van der Waals surface area contributed by atoms with Crippen LogP contribution < -0.4 is 5.73 Å². The fourth-order valence-electron chi connectivity index (χ4n) is 2.85. The van der Waals surface area contributed by atoms with Gasteiger partial charge >= 0.3 is 0 Å². The van der Waals surface area contributed by atoms with E-state index in [1.165, 1.54) is 12.1 Å². The summed E-state index contributed by atoms with van der Waals surface area (Å²) in [7, 11) is -3.68. The van der Waals surface area contributed by atoms with Gasteiger partial charge in [-0.25, -0.2) is 12.8 Å². The van der Waals surface area contributed by atoms with Gasteiger partial charge in [-0.15, -0.1) is 12.4 Å². The minimum atomic E-state index is -3.68. The van der Waals surface area contributed by atoms with Gasteiger partial charge in [-0.1, -0.05) is 37.3 Å². The summed E-state index contributed by atoms with van der Waals surface area (Å²) in [6.07, 6.45) is 0.671. The molecule has 0 fully saturated rings. The number of benzene rings is 2. The van der Waals surface area contributed by atoms with Gasteiger partial charge in [0.15, 0.2) is 9.84 Å². The molecule has 2 aromatic carbocycles. The standard InChI is InChI=1S/C20H25FN2O3S.ClH/c1-16(15-27(25,26)19-9-7-18(21)8-10-19)20(24)23(14-12-22)13-11-17-5-3-2-4-6-17;/h2-10,16H,11-15,22H2,1H3;1H. The number of hydrogen-bond donors (Lipinski definition) is 1. The summed E-state index contributed by atoms with van der Waals surface area (Å²) in [6, 6.07) is 14.4. The van der Waals surface area contributed by atoms with Crippen molar-refractivity contribution in [1.82, 2.24) is 4.90 Å². The minimum absolute atomic E-state index is 0. The third-order valence-corrected chi connectivity index (χ3v) is 6.22. The molecular weight excluding hydrogens is 403 g/mol. The van der Waals surface area contributed by atoms with Crippen LogP contribution in [0.3, 0.4) is 0 Å². The highest BCUT2D eigenvalue weighted by atomic mass is 35.5. The lowest BCUT2D eigenvalue weighted by Crippen LogP contribution is -2.41. The average Bonchev–Trinajstić information content (AvgIpc) is 2.65. The van der Waals surface area contributed by atoms with Crippen molar-refractivity contribution in [3.05, 3.63) is 66.0 Å². The van der Waals surface area contributed by atoms with Crippen LogP contribution in [0, 0.1) is 11.7 Å². The topological polar surface area (TPSA) is 80.5 Å². The van der Waals surface area contributed by atoms with Crippen LogP contribution in [0.25, 0.3) is 0 Å². The summed E-state index contributed by atoms with van der Waals surface area (Å²) in [5.41, 5.74) is 6.72. The van der Waals surface area contributed by atoms with E-state index in [4.69, 9.17) is 5.73 Å². The average molecular weight is 429 g/mol. The van der Waals surface area contributed by atoms with E-state index in [1.54, 1.807) is 11.8 Å². The van der Waals surface area contributed by atoms with Crippen LogP contribution in [0.1, 0.15) is 12.5 Å². The largest absolute Gasteiger partial charge is 0.341 e. The zero-order chi connectivity index (χ0) is 19.9. The lowest BCUT2D eigenvalue weighted by atomic mass is 10.1. The molecule has 0 saturated heterocycles. The number of sulfone groups is 1. The van der Waals surface area contributed by atoms with Crippen LogP contribution in [0.15, 0.2) is 59.5 Å². The maximum absolute atomic E-state index is 13.0. The molecule has 1 amide bonds. The molecular formula is C20H26ClFN2O3S. The number of nitrogens with zero attached hydrogens (tertiary/aromatic N) is 1. The molecule has 2 N–H and O–H groups in total. The molecule has 8 heteroatoms. The monoisotopic (exact) mass is 428 g/mol. The lowest BCUT2D eigenvalue weighted by Gasteiger charge is -2.25. The Labute approximate surface area is 172 Å². The number of carbonyl (C=O) groups excluding carboxylic acids is 1. The summed E-state index contributed by atoms with van der Waals surface area (Å²) in [5, 5.41) is 0. The number of nitrogens with two attached hydrogens (primary N) is 1. The van der Waals surface area contributed by atoms with Crippen molar-refractivity contribution in [2.45, 2.75) is 18.2 Å². The van der Waals surface area contributed by atoms with Gasteiger partial charge in [-0.3, -0.25) is 4.79 Å². The highest BCUT2D eigenvalue weighted by Gasteiger charge is 2.26. The van der Waals surface area contributed by atoms with Gasteiger partial charge in [0.05, 0.1) is 10.6 Å². The Kier molecular flexibility index (Phi) is 9.58. The maximum Gasteiger partial charge on any atom is 0.226 e. The van der Waals surface area contributed by atoms with Gasteiger partial charge in [0, 0.05) is 25.6 Å². The summed E-state index contributed by atoms with van der Waals surface area (Å²) >= 11 is 0. The maximum atomic E-state index is 13.0. The predicted octanol–water partition coefficient (Wildman–Crippen LogP) is 2.69. The smallest absolute Gasteiger partial charge is 0.226 e. The molecule has 5 nitrogen and oxygen atoms in total. The SMILES string of the molecule is CC(CS(=O)(=O)c1ccc(F)cc1)C(=O)N(CCN)CCc1ccccc1.Cl. The quantitative estimate of drug-likeness (QED) is 0.622. The Balaban J connectivity index is 0.00000392. The summed E-state index contributed by atoms with van der Waals surface area (Å²) in [4.78, 5) is 14.4. The van der Waals surface area contributed by atoms with Gasteiger partial charge in [0.1, 0.15) is 5.82 Å². The van der Waals surface area contributed by atoms with E-state index in [9.17, 15) is 17.6 Å². The van der Waals surface area contributed by atoms with E-state index >= 15 is 0 Å². The second-order valence-corrected chi connectivity index (χ2v) is 8.52. The number of halogens is 2. The molecule has 0 aromatic heterocycles. The van der Waals surface area contributed by atoms with E-state index in [1.807, 2.05) is 30.3 Å². The molecule has 1 unspecified atom stereocenters. The van der Waals surface area contributed by atoms with E-state index in [0.29, 0.717) is 26.1 Å². The van der Waals surface area contributed by atoms with Gasteiger partial charge in [0.2, 0.25) is 5.91 Å². The molecule has 28 heavy (non-hydrogen) atoms. The molecule has 0 spiro atoms. The zero-order valence-corrected chi connectivity index (χ0v) is 17.4. The van der Waals surface area contributed by atoms with Crippen LogP contribution in [-0.2, 0) is 21.1 Å². The fourth-order valence-corrected chi connectivity index (χ4v) is 4.39. The van der Waals surface area contributed by atoms with Crippen LogP contribution in [0.4, 0.5) is 4.39 Å². The molecule has 1 atom stereocenters. The van der Waals surface area contributed by atoms with Gasteiger partial charge in [-0.05, 0) is 36.2 Å². The molecule has 0 aliphatic heterocycles. The van der Waals surface area contributed by atoms with E-state index < -0.39 is 21.6 Å². The summed E-state index contributed by atoms with van der Waals surface area (Å²) in [5.74, 6) is -1.80. The van der Waals surface area contributed by atoms with Gasteiger partial charge in [0.25, 0.3) is 0 Å². The summed E-state index contributed by atoms with van der Waals surface area (Å²) < 4.78 is 38.0. The molecule has 154 valence electrons. The third-order valence-electron chi connectivity index (χ3n) is 4.29. The van der Waals surface area contributed by atoms with Crippen molar-refractivity contribution in [3.63, 3.8) is 0 Å². The van der Waals surface area contributed by atoms with Crippen molar-refractivity contribution in [2.75, 3.05) is 25.4 Å². The molecule has 0 aliphatic carbocycles. The van der Waals surface area contributed by atoms with E-state index in [2.05, 4.69) is 0 Å². The molecule has 0 aliphatic rings. The van der Waals surface area contributed by atoms with Crippen molar-refractivity contribution < 1.29 is 17.6 Å². The summed E-state index contributed by atoms with van der Waals surface area (Å²) in [6.45, 7) is 2.74. The van der Waals surface area contributed by atoms with Crippen LogP contribution in [-0.4, -0.2) is 44.6 Å². The first-order chi connectivity index (χ1) is 12.8. The Morgan fingerprint density at radius 3 is 2.25 bits per heavy atom. The Morgan fingerprint density at radius 1 is 1.07 bits per heavy atom. The number of hydrogen-bond acceptors (Lipinski definition) is 4. The lowest BCUT2D eigenvalue weighted by molar-refractivity contribution is -0.134. The molecule has 0 saturated carbocycles. The first-order valence-electron chi connectivity index (χ1n) is 8.84. The van der Waals surface area contributed by atoms with Crippen LogP contribution >= 0.6 is 12.4 Å². The minimum Gasteiger partial charge on any atom is -0.341 e. The fraction of sp³-hybridized carbons (Fsp3) is 0.350. The molecule has 2 aromatic rings. The van der Waals surface area contributed by atoms with Crippen molar-refractivity contribution in [2.24, 2.45) is 11.7 Å². The van der Waals surface area contributed by atoms with Crippen LogP contribution in [0.2, 0.25) is 0 Å². The number of rotatable bonds is 9. The number of carbonyl (C=O) groups is 1. The molecule has 2 rings (SSSR count). The molecule has 0 heterocycles. The van der Waals surface area contributed by atoms with Gasteiger partial charge in [-0.2, -0.15) is 0 Å². The molecule has 0 radical (unpaired) electrons. The first-order valence-corrected chi connectivity index (χ1v) is 10.5. The van der Waals surface area contributed by atoms with E-state index in [0.717, 1.165) is 17.7 Å². The third kappa shape index (κ3) is 6.89. The zero-order valence-electron chi connectivity index (χ0n) is 15.8. The second-order valence-electron chi connectivity index (χ2n) is 6.49. The molecule has 0 bridgehead atoms. The van der Waals surface area contributed by atoms with Crippen molar-refractivity contribution in [3.8, 4) is 0 Å². The predicted molar refractivity (Wildman–Crippen MR) is 111 cm³/mol. The van der Waals surface area contributed by atoms with Gasteiger partial charge < -0.3 is 10.6 Å². The Morgan fingerprint density at radius 2 is 1.68 bits per heavy atom. The Bertz CT molecular complexity index is 846. The highest BCUT2D eigenvalue weighted by molar-refractivity contribution is 7.91. The van der Waals surface area contributed by atoms with Crippen LogP contribution in [0.5, 0.6) is 0 Å². The van der Waals surface area contributed by atoms with Crippen molar-refractivity contribution >= 4 is 28.2 Å².